The monoisotopic (exact) mass is 287 g/mol. The van der Waals surface area contributed by atoms with Crippen LogP contribution in [-0.4, -0.2) is 20.3 Å². The molecule has 0 aliphatic heterocycles. The van der Waals surface area contributed by atoms with Gasteiger partial charge in [-0.15, -0.1) is 0 Å². The number of hydrogen-bond acceptors (Lipinski definition) is 3. The highest BCUT2D eigenvalue weighted by Crippen LogP contribution is 2.28. The van der Waals surface area contributed by atoms with E-state index in [0.717, 1.165) is 0 Å². The Morgan fingerprint density at radius 3 is 2.81 bits per heavy atom. The lowest BCUT2D eigenvalue weighted by molar-refractivity contribution is 0.170. The second-order valence-electron chi connectivity index (χ2n) is 3.05. The Bertz CT molecular complexity index is 404. The van der Waals surface area contributed by atoms with Crippen LogP contribution in [-0.2, 0) is 4.74 Å². The minimum absolute atomic E-state index is 0.138. The molecule has 0 aromatic heterocycles. The molecular weight excluding hydrogens is 277 g/mol. The second kappa shape index (κ2) is 6.46. The van der Waals surface area contributed by atoms with Crippen LogP contribution in [0.5, 0.6) is 5.75 Å². The zero-order chi connectivity index (χ0) is 12.0. The van der Waals surface area contributed by atoms with Gasteiger partial charge in [-0.3, -0.25) is 0 Å². The van der Waals surface area contributed by atoms with Crippen LogP contribution in [0.25, 0.3) is 0 Å². The number of methoxy groups -OCH3 is 1. The van der Waals surface area contributed by atoms with Crippen molar-refractivity contribution >= 4 is 15.9 Å². The van der Waals surface area contributed by atoms with Crippen molar-refractivity contribution in [1.29, 1.82) is 5.26 Å². The third-order valence-corrected chi connectivity index (χ3v) is 2.69. The van der Waals surface area contributed by atoms with Crippen molar-refractivity contribution in [2.75, 3.05) is 20.3 Å². The Balaban J connectivity index is 2.68. The van der Waals surface area contributed by atoms with E-state index in [1.807, 2.05) is 6.07 Å². The zero-order valence-corrected chi connectivity index (χ0v) is 10.4. The molecule has 1 rings (SSSR count). The maximum atomic E-state index is 13.6. The lowest BCUT2D eigenvalue weighted by atomic mass is 10.2. The molecule has 86 valence electrons. The first kappa shape index (κ1) is 12.9. The summed E-state index contributed by atoms with van der Waals surface area (Å²) >= 11 is 3.01. The van der Waals surface area contributed by atoms with Gasteiger partial charge in [0.15, 0.2) is 11.6 Å². The molecule has 0 unspecified atom stereocenters. The standard InChI is InChI=1S/C11H11BrFNO2/c1-15-5-2-6-16-9-4-3-8(7-14)10(12)11(9)13/h3-4H,2,5-6H2,1H3. The normalized spacial score (nSPS) is 9.88. The van der Waals surface area contributed by atoms with Crippen molar-refractivity contribution in [3.05, 3.63) is 28.0 Å². The van der Waals surface area contributed by atoms with Crippen molar-refractivity contribution in [2.24, 2.45) is 0 Å². The molecular formula is C11H11BrFNO2. The lowest BCUT2D eigenvalue weighted by Gasteiger charge is -2.08. The number of benzene rings is 1. The zero-order valence-electron chi connectivity index (χ0n) is 8.80. The summed E-state index contributed by atoms with van der Waals surface area (Å²) in [5.74, 6) is -0.404. The molecule has 0 saturated heterocycles. The fraction of sp³-hybridized carbons (Fsp3) is 0.364. The minimum Gasteiger partial charge on any atom is -0.490 e. The van der Waals surface area contributed by atoms with Gasteiger partial charge in [0.2, 0.25) is 0 Å². The highest BCUT2D eigenvalue weighted by molar-refractivity contribution is 9.10. The van der Waals surface area contributed by atoms with Gasteiger partial charge in [-0.05, 0) is 28.1 Å². The van der Waals surface area contributed by atoms with Gasteiger partial charge in [0, 0.05) is 20.1 Å². The Hall–Kier alpha value is -1.12. The average Bonchev–Trinajstić information content (AvgIpc) is 2.30. The van der Waals surface area contributed by atoms with E-state index in [1.54, 1.807) is 7.11 Å². The van der Waals surface area contributed by atoms with E-state index in [-0.39, 0.29) is 15.8 Å². The largest absolute Gasteiger partial charge is 0.490 e. The molecule has 0 heterocycles. The van der Waals surface area contributed by atoms with Gasteiger partial charge in [-0.2, -0.15) is 5.26 Å². The topological polar surface area (TPSA) is 42.2 Å². The van der Waals surface area contributed by atoms with Crippen LogP contribution in [0.4, 0.5) is 4.39 Å². The van der Waals surface area contributed by atoms with Crippen LogP contribution in [0.15, 0.2) is 16.6 Å². The summed E-state index contributed by atoms with van der Waals surface area (Å²) in [6, 6.07) is 4.84. The van der Waals surface area contributed by atoms with Gasteiger partial charge in [0.25, 0.3) is 0 Å². The minimum atomic E-state index is -0.545. The van der Waals surface area contributed by atoms with E-state index >= 15 is 0 Å². The van der Waals surface area contributed by atoms with Crippen LogP contribution in [0.2, 0.25) is 0 Å². The van der Waals surface area contributed by atoms with Crippen LogP contribution in [0.3, 0.4) is 0 Å². The predicted molar refractivity (Wildman–Crippen MR) is 60.8 cm³/mol. The molecule has 16 heavy (non-hydrogen) atoms. The maximum Gasteiger partial charge on any atom is 0.180 e. The van der Waals surface area contributed by atoms with E-state index in [4.69, 9.17) is 14.7 Å². The molecule has 0 spiro atoms. The van der Waals surface area contributed by atoms with Gasteiger partial charge in [-0.1, -0.05) is 0 Å². The van der Waals surface area contributed by atoms with Gasteiger partial charge in [0.1, 0.15) is 6.07 Å². The summed E-state index contributed by atoms with van der Waals surface area (Å²) in [6.07, 6.45) is 0.688. The molecule has 0 radical (unpaired) electrons. The Labute approximate surface area is 102 Å². The molecule has 0 aliphatic rings. The molecule has 1 aromatic carbocycles. The van der Waals surface area contributed by atoms with E-state index in [2.05, 4.69) is 15.9 Å². The van der Waals surface area contributed by atoms with Gasteiger partial charge < -0.3 is 9.47 Å². The van der Waals surface area contributed by atoms with Crippen molar-refractivity contribution in [3.8, 4) is 11.8 Å². The quantitative estimate of drug-likeness (QED) is 0.782. The fourth-order valence-electron chi connectivity index (χ4n) is 1.11. The molecule has 0 atom stereocenters. The van der Waals surface area contributed by atoms with Crippen molar-refractivity contribution in [1.82, 2.24) is 0 Å². The third kappa shape index (κ3) is 3.19. The van der Waals surface area contributed by atoms with Crippen molar-refractivity contribution < 1.29 is 13.9 Å². The third-order valence-electron chi connectivity index (χ3n) is 1.92. The van der Waals surface area contributed by atoms with Crippen molar-refractivity contribution in [3.63, 3.8) is 0 Å². The Kier molecular flexibility index (Phi) is 5.23. The molecule has 0 amide bonds. The van der Waals surface area contributed by atoms with E-state index < -0.39 is 5.82 Å². The van der Waals surface area contributed by atoms with E-state index in [0.29, 0.717) is 19.6 Å². The first-order valence-electron chi connectivity index (χ1n) is 4.70. The number of rotatable bonds is 5. The fourth-order valence-corrected chi connectivity index (χ4v) is 1.53. The van der Waals surface area contributed by atoms with Crippen LogP contribution >= 0.6 is 15.9 Å². The maximum absolute atomic E-state index is 13.6. The molecule has 0 N–H and O–H groups in total. The van der Waals surface area contributed by atoms with Crippen LogP contribution < -0.4 is 4.74 Å². The number of nitriles is 1. The summed E-state index contributed by atoms with van der Waals surface area (Å²) < 4.78 is 23.8. The number of hydrogen-bond donors (Lipinski definition) is 0. The predicted octanol–water partition coefficient (Wildman–Crippen LogP) is 2.88. The average molecular weight is 288 g/mol. The Morgan fingerprint density at radius 2 is 2.19 bits per heavy atom. The summed E-state index contributed by atoms with van der Waals surface area (Å²) in [7, 11) is 1.60. The van der Waals surface area contributed by atoms with Gasteiger partial charge in [-0.25, -0.2) is 4.39 Å². The molecule has 0 fully saturated rings. The summed E-state index contributed by atoms with van der Waals surface area (Å²) in [5.41, 5.74) is 0.252. The van der Waals surface area contributed by atoms with Gasteiger partial charge in [0.05, 0.1) is 16.6 Å². The summed E-state index contributed by atoms with van der Waals surface area (Å²) in [6.45, 7) is 0.947. The number of halogens is 2. The molecule has 3 nitrogen and oxygen atoms in total. The number of nitrogens with zero attached hydrogens (tertiary/aromatic N) is 1. The number of ether oxygens (including phenoxy) is 2. The molecule has 0 aliphatic carbocycles. The molecule has 0 saturated carbocycles. The van der Waals surface area contributed by atoms with E-state index in [9.17, 15) is 4.39 Å². The van der Waals surface area contributed by atoms with Crippen LogP contribution in [0, 0.1) is 17.1 Å². The van der Waals surface area contributed by atoms with Gasteiger partial charge >= 0.3 is 0 Å². The molecule has 0 bridgehead atoms. The first-order valence-corrected chi connectivity index (χ1v) is 5.49. The smallest absolute Gasteiger partial charge is 0.180 e. The molecule has 1 aromatic rings. The van der Waals surface area contributed by atoms with E-state index in [1.165, 1.54) is 12.1 Å². The highest BCUT2D eigenvalue weighted by Gasteiger charge is 2.11. The first-order chi connectivity index (χ1) is 7.70. The SMILES string of the molecule is COCCCOc1ccc(C#N)c(Br)c1F. The summed E-state index contributed by atoms with van der Waals surface area (Å²) in [5, 5.41) is 8.68. The molecule has 5 heteroatoms. The Morgan fingerprint density at radius 1 is 1.44 bits per heavy atom. The highest BCUT2D eigenvalue weighted by atomic mass is 79.9. The van der Waals surface area contributed by atoms with Crippen LogP contribution in [0.1, 0.15) is 12.0 Å². The second-order valence-corrected chi connectivity index (χ2v) is 3.84. The lowest BCUT2D eigenvalue weighted by Crippen LogP contribution is -2.03. The summed E-state index contributed by atoms with van der Waals surface area (Å²) in [4.78, 5) is 0. The van der Waals surface area contributed by atoms with Crippen molar-refractivity contribution in [2.45, 2.75) is 6.42 Å².